The third kappa shape index (κ3) is 9.40. The highest BCUT2D eigenvalue weighted by atomic mass is 19.1. The quantitative estimate of drug-likeness (QED) is 0.625. The van der Waals surface area contributed by atoms with E-state index in [1.54, 1.807) is 6.92 Å². The summed E-state index contributed by atoms with van der Waals surface area (Å²) in [7, 11) is 0. The lowest BCUT2D eigenvalue weighted by molar-refractivity contribution is -0.152. The molecule has 0 aliphatic carbocycles. The minimum Gasteiger partial charge on any atom is -0.434 e. The highest BCUT2D eigenvalue weighted by Crippen LogP contribution is 2.02. The first-order valence-electron chi connectivity index (χ1n) is 2.95. The second kappa shape index (κ2) is 13.0. The highest BCUT2D eigenvalue weighted by molar-refractivity contribution is 5.71. The number of rotatable bonds is 3. The topological polar surface area (TPSA) is 26.3 Å². The first-order chi connectivity index (χ1) is 4.22. The first-order valence-corrected chi connectivity index (χ1v) is 2.95. The Morgan fingerprint density at radius 3 is 2.08 bits per heavy atom. The molecule has 12 heavy (non-hydrogen) atoms. The Morgan fingerprint density at radius 2 is 1.83 bits per heavy atom. The van der Waals surface area contributed by atoms with Crippen LogP contribution < -0.4 is 0 Å². The van der Waals surface area contributed by atoms with Crippen molar-refractivity contribution in [1.29, 1.82) is 0 Å². The lowest BCUT2D eigenvalue weighted by Gasteiger charge is -2.04. The molecule has 0 saturated heterocycles. The molecule has 0 aromatic heterocycles. The Balaban J connectivity index is -0.000000107. The maximum Gasteiger partial charge on any atom is 0.310 e. The van der Waals surface area contributed by atoms with E-state index in [1.807, 2.05) is 6.92 Å². The normalized spacial score (nSPS) is 9.58. The van der Waals surface area contributed by atoms with Gasteiger partial charge in [-0.25, -0.2) is 4.39 Å². The van der Waals surface area contributed by atoms with Gasteiger partial charge in [0.1, 0.15) is 0 Å². The summed E-state index contributed by atoms with van der Waals surface area (Å²) in [4.78, 5) is 10.5. The fourth-order valence-corrected chi connectivity index (χ4v) is 0.363. The molecule has 0 aliphatic rings. The summed E-state index contributed by atoms with van der Waals surface area (Å²) in [5.41, 5.74) is 0. The van der Waals surface area contributed by atoms with Gasteiger partial charge in [-0.2, -0.15) is 0 Å². The van der Waals surface area contributed by atoms with E-state index in [0.29, 0.717) is 6.42 Å². The van der Waals surface area contributed by atoms with Crippen LogP contribution in [0.3, 0.4) is 0 Å². The summed E-state index contributed by atoms with van der Waals surface area (Å²) in [6, 6.07) is 0. The van der Waals surface area contributed by atoms with Gasteiger partial charge in [0.05, 0.1) is 5.92 Å². The Bertz CT molecular complexity index is 94.5. The fourth-order valence-electron chi connectivity index (χ4n) is 0.363. The van der Waals surface area contributed by atoms with Gasteiger partial charge in [-0.05, 0) is 6.42 Å². The molecule has 1 unspecified atom stereocenters. The van der Waals surface area contributed by atoms with E-state index in [4.69, 9.17) is 0 Å². The van der Waals surface area contributed by atoms with Gasteiger partial charge in [0, 0.05) is 0 Å². The van der Waals surface area contributed by atoms with E-state index in [-0.39, 0.29) is 28.2 Å². The van der Waals surface area contributed by atoms with E-state index in [1.165, 1.54) is 0 Å². The maximum absolute atomic E-state index is 11.3. The molecule has 0 heterocycles. The Morgan fingerprint density at radius 1 is 1.42 bits per heavy atom. The van der Waals surface area contributed by atoms with E-state index in [2.05, 4.69) is 4.74 Å². The summed E-state index contributed by atoms with van der Waals surface area (Å²) in [5, 5.41) is 0. The summed E-state index contributed by atoms with van der Waals surface area (Å²) in [6.07, 6.45) is 0.693. The van der Waals surface area contributed by atoms with Crippen LogP contribution in [-0.4, -0.2) is 12.8 Å². The first kappa shape index (κ1) is 22.5. The molecular formula is C9H23FO2. The molecule has 0 spiro atoms. The Labute approximate surface area is 76.1 Å². The molecule has 2 nitrogen and oxygen atoms in total. The highest BCUT2D eigenvalue weighted by Gasteiger charge is 2.10. The van der Waals surface area contributed by atoms with Crippen molar-refractivity contribution in [3.05, 3.63) is 0 Å². The lowest BCUT2D eigenvalue weighted by atomic mass is 10.1. The third-order valence-electron chi connectivity index (χ3n) is 1.21. The van der Waals surface area contributed by atoms with Crippen molar-refractivity contribution < 1.29 is 13.9 Å². The number of alkyl halides is 1. The van der Waals surface area contributed by atoms with Crippen LogP contribution in [0, 0.1) is 5.92 Å². The van der Waals surface area contributed by atoms with Crippen molar-refractivity contribution in [2.75, 3.05) is 6.86 Å². The monoisotopic (exact) mass is 182 g/mol. The van der Waals surface area contributed by atoms with Crippen LogP contribution in [-0.2, 0) is 9.53 Å². The van der Waals surface area contributed by atoms with E-state index < -0.39 is 12.8 Å². The largest absolute Gasteiger partial charge is 0.434 e. The van der Waals surface area contributed by atoms with Crippen LogP contribution in [0.15, 0.2) is 0 Å². The Hall–Kier alpha value is -0.600. The number of hydrogen-bond acceptors (Lipinski definition) is 2. The average molecular weight is 182 g/mol. The summed E-state index contributed by atoms with van der Waals surface area (Å²) in [6.45, 7) is 2.55. The molecule has 1 atom stereocenters. The van der Waals surface area contributed by atoms with Gasteiger partial charge in [0.2, 0.25) is 6.86 Å². The molecule has 0 N–H and O–H groups in total. The SMILES string of the molecule is C.C.C.CCC(C)C(=O)OCF. The zero-order chi connectivity index (χ0) is 7.28. The van der Waals surface area contributed by atoms with Crippen LogP contribution in [0.4, 0.5) is 4.39 Å². The molecular weight excluding hydrogens is 159 g/mol. The predicted molar refractivity (Wildman–Crippen MR) is 51.7 cm³/mol. The molecule has 0 rings (SSSR count). The van der Waals surface area contributed by atoms with Crippen LogP contribution in [0.25, 0.3) is 0 Å². The molecule has 0 saturated carbocycles. The second-order valence-corrected chi connectivity index (χ2v) is 1.88. The molecule has 0 aliphatic heterocycles. The fraction of sp³-hybridized carbons (Fsp3) is 0.889. The maximum atomic E-state index is 11.3. The summed E-state index contributed by atoms with van der Waals surface area (Å²) in [5.74, 6) is -0.638. The van der Waals surface area contributed by atoms with Gasteiger partial charge >= 0.3 is 5.97 Å². The number of carbonyl (C=O) groups is 1. The Kier molecular flexibility index (Phi) is 24.4. The zero-order valence-electron chi connectivity index (χ0n) is 5.69. The third-order valence-corrected chi connectivity index (χ3v) is 1.21. The van der Waals surface area contributed by atoms with Crippen molar-refractivity contribution in [2.24, 2.45) is 5.92 Å². The van der Waals surface area contributed by atoms with Crippen LogP contribution >= 0.6 is 0 Å². The standard InChI is InChI=1S/C6H11FO2.3CH4/c1-3-5(2)6(8)9-4-7;;;/h5H,3-4H2,1-2H3;3*1H4. The lowest BCUT2D eigenvalue weighted by Crippen LogP contribution is -2.12. The predicted octanol–water partition coefficient (Wildman–Crippen LogP) is 3.41. The minimum atomic E-state index is -1.01. The van der Waals surface area contributed by atoms with Gasteiger partial charge in [0.15, 0.2) is 0 Å². The number of esters is 1. The van der Waals surface area contributed by atoms with Gasteiger partial charge in [-0.15, -0.1) is 0 Å². The van der Waals surface area contributed by atoms with Gasteiger partial charge in [0.25, 0.3) is 0 Å². The number of carbonyl (C=O) groups excluding carboxylic acids is 1. The molecule has 0 aromatic carbocycles. The van der Waals surface area contributed by atoms with Crippen molar-refractivity contribution >= 4 is 5.97 Å². The van der Waals surface area contributed by atoms with Crippen molar-refractivity contribution in [3.8, 4) is 0 Å². The van der Waals surface area contributed by atoms with Gasteiger partial charge < -0.3 is 4.74 Å². The van der Waals surface area contributed by atoms with Crippen LogP contribution in [0.2, 0.25) is 0 Å². The zero-order valence-corrected chi connectivity index (χ0v) is 5.69. The minimum absolute atomic E-state index is 0. The molecule has 0 bridgehead atoms. The number of hydrogen-bond donors (Lipinski definition) is 0. The van der Waals surface area contributed by atoms with Crippen molar-refractivity contribution in [2.45, 2.75) is 42.5 Å². The van der Waals surface area contributed by atoms with Gasteiger partial charge in [-0.1, -0.05) is 36.1 Å². The van der Waals surface area contributed by atoms with Crippen LogP contribution in [0.5, 0.6) is 0 Å². The average Bonchev–Trinajstić information content (AvgIpc) is 1.87. The smallest absolute Gasteiger partial charge is 0.310 e. The second-order valence-electron chi connectivity index (χ2n) is 1.88. The van der Waals surface area contributed by atoms with Gasteiger partial charge in [-0.3, -0.25) is 4.79 Å². The molecule has 0 radical (unpaired) electrons. The summed E-state index contributed by atoms with van der Waals surface area (Å²) >= 11 is 0. The molecule has 0 fully saturated rings. The molecule has 0 amide bonds. The molecule has 78 valence electrons. The number of ether oxygens (including phenoxy) is 1. The van der Waals surface area contributed by atoms with Crippen LogP contribution in [0.1, 0.15) is 42.5 Å². The van der Waals surface area contributed by atoms with E-state index >= 15 is 0 Å². The van der Waals surface area contributed by atoms with Crippen molar-refractivity contribution in [1.82, 2.24) is 0 Å². The molecule has 3 heteroatoms. The van der Waals surface area contributed by atoms with E-state index in [9.17, 15) is 9.18 Å². The van der Waals surface area contributed by atoms with Crippen molar-refractivity contribution in [3.63, 3.8) is 0 Å². The number of halogens is 1. The molecule has 0 aromatic rings. The summed E-state index contributed by atoms with van der Waals surface area (Å²) < 4.78 is 15.4. The van der Waals surface area contributed by atoms with E-state index in [0.717, 1.165) is 0 Å².